The van der Waals surface area contributed by atoms with Gasteiger partial charge in [0.1, 0.15) is 11.7 Å². The summed E-state index contributed by atoms with van der Waals surface area (Å²) in [5.74, 6) is -0.168. The molecule has 0 radical (unpaired) electrons. The third-order valence-corrected chi connectivity index (χ3v) is 5.16. The van der Waals surface area contributed by atoms with Crippen LogP contribution in [0.15, 0.2) is 54.7 Å². The molecular formula is C21H20N2O2. The highest BCUT2D eigenvalue weighted by Gasteiger charge is 2.43. The summed E-state index contributed by atoms with van der Waals surface area (Å²) >= 11 is 0. The molecule has 1 aliphatic carbocycles. The summed E-state index contributed by atoms with van der Waals surface area (Å²) in [5, 5.41) is 4.15. The number of fused-ring (bicyclic) bond motifs is 2. The molecule has 1 heterocycles. The number of rotatable bonds is 5. The molecule has 0 aliphatic heterocycles. The van der Waals surface area contributed by atoms with Crippen LogP contribution in [-0.2, 0) is 28.9 Å². The number of hydrogen-bond acceptors (Lipinski definition) is 2. The van der Waals surface area contributed by atoms with Crippen molar-refractivity contribution in [3.63, 3.8) is 0 Å². The second kappa shape index (κ2) is 6.20. The Balaban J connectivity index is 1.43. The zero-order chi connectivity index (χ0) is 17.3. The highest BCUT2D eigenvalue weighted by Crippen LogP contribution is 2.35. The first-order valence-corrected chi connectivity index (χ1v) is 8.58. The van der Waals surface area contributed by atoms with Crippen LogP contribution in [-0.4, -0.2) is 23.7 Å². The Morgan fingerprint density at radius 1 is 1.08 bits per heavy atom. The van der Waals surface area contributed by atoms with Crippen molar-refractivity contribution in [1.29, 1.82) is 0 Å². The minimum atomic E-state index is -0.954. The van der Waals surface area contributed by atoms with E-state index in [0.29, 0.717) is 19.4 Å². The van der Waals surface area contributed by atoms with Gasteiger partial charge >= 0.3 is 0 Å². The van der Waals surface area contributed by atoms with E-state index >= 15 is 0 Å². The van der Waals surface area contributed by atoms with E-state index in [1.54, 1.807) is 0 Å². The van der Waals surface area contributed by atoms with Gasteiger partial charge < -0.3 is 15.1 Å². The SMILES string of the molecule is O=CC1(C(=O)NCCc2c[nH]c3ccccc23)Cc2ccccc2C1. The zero-order valence-corrected chi connectivity index (χ0v) is 13.9. The van der Waals surface area contributed by atoms with E-state index in [1.807, 2.05) is 48.7 Å². The molecular weight excluding hydrogens is 312 g/mol. The van der Waals surface area contributed by atoms with Gasteiger partial charge in [-0.3, -0.25) is 4.79 Å². The van der Waals surface area contributed by atoms with Gasteiger partial charge in [-0.1, -0.05) is 42.5 Å². The molecule has 0 unspecified atom stereocenters. The maximum atomic E-state index is 12.7. The van der Waals surface area contributed by atoms with E-state index < -0.39 is 5.41 Å². The van der Waals surface area contributed by atoms with Gasteiger partial charge in [-0.25, -0.2) is 0 Å². The van der Waals surface area contributed by atoms with Gasteiger partial charge in [0, 0.05) is 23.6 Å². The molecule has 4 heteroatoms. The largest absolute Gasteiger partial charge is 0.361 e. The van der Waals surface area contributed by atoms with Crippen LogP contribution in [0, 0.1) is 5.41 Å². The quantitative estimate of drug-likeness (QED) is 0.557. The van der Waals surface area contributed by atoms with Gasteiger partial charge in [-0.05, 0) is 42.0 Å². The first-order chi connectivity index (χ1) is 12.2. The van der Waals surface area contributed by atoms with Gasteiger partial charge in [-0.2, -0.15) is 0 Å². The van der Waals surface area contributed by atoms with Crippen molar-refractivity contribution < 1.29 is 9.59 Å². The summed E-state index contributed by atoms with van der Waals surface area (Å²) in [6.45, 7) is 0.520. The normalized spacial score (nSPS) is 15.0. The summed E-state index contributed by atoms with van der Waals surface area (Å²) in [7, 11) is 0. The smallest absolute Gasteiger partial charge is 0.234 e. The van der Waals surface area contributed by atoms with Crippen molar-refractivity contribution in [3.8, 4) is 0 Å². The molecule has 3 aromatic rings. The molecule has 0 atom stereocenters. The molecule has 4 rings (SSSR count). The first-order valence-electron chi connectivity index (χ1n) is 8.58. The number of para-hydroxylation sites is 1. The average Bonchev–Trinajstić information content (AvgIpc) is 3.23. The van der Waals surface area contributed by atoms with Crippen LogP contribution in [0.3, 0.4) is 0 Å². The number of amides is 1. The molecule has 1 amide bonds. The lowest BCUT2D eigenvalue weighted by Crippen LogP contribution is -2.43. The zero-order valence-electron chi connectivity index (χ0n) is 13.9. The van der Waals surface area contributed by atoms with Gasteiger partial charge in [0.25, 0.3) is 0 Å². The molecule has 0 bridgehead atoms. The summed E-state index contributed by atoms with van der Waals surface area (Å²) < 4.78 is 0. The number of aromatic nitrogens is 1. The molecule has 2 aromatic carbocycles. The molecule has 0 saturated heterocycles. The Labute approximate surface area is 146 Å². The van der Waals surface area contributed by atoms with Gasteiger partial charge in [0.2, 0.25) is 5.91 Å². The fraction of sp³-hybridized carbons (Fsp3) is 0.238. The molecule has 1 aromatic heterocycles. The number of aromatic amines is 1. The molecule has 25 heavy (non-hydrogen) atoms. The summed E-state index contributed by atoms with van der Waals surface area (Å²) in [5.41, 5.74) is 3.51. The first kappa shape index (κ1) is 15.6. The Hall–Kier alpha value is -2.88. The number of aldehydes is 1. The van der Waals surface area contributed by atoms with Gasteiger partial charge in [0.05, 0.1) is 0 Å². The Morgan fingerprint density at radius 2 is 1.76 bits per heavy atom. The molecule has 126 valence electrons. The van der Waals surface area contributed by atoms with E-state index in [2.05, 4.69) is 16.4 Å². The number of carbonyl (C=O) groups is 2. The number of H-pyrrole nitrogens is 1. The lowest BCUT2D eigenvalue weighted by Gasteiger charge is -2.20. The highest BCUT2D eigenvalue weighted by atomic mass is 16.2. The number of hydrogen-bond donors (Lipinski definition) is 2. The van der Waals surface area contributed by atoms with Crippen LogP contribution in [0.4, 0.5) is 0 Å². The molecule has 1 aliphatic rings. The van der Waals surface area contributed by atoms with Crippen LogP contribution < -0.4 is 5.32 Å². The van der Waals surface area contributed by atoms with E-state index in [1.165, 1.54) is 10.9 Å². The maximum Gasteiger partial charge on any atom is 0.234 e. The predicted octanol–water partition coefficient (Wildman–Crippen LogP) is 2.81. The average molecular weight is 332 g/mol. The summed E-state index contributed by atoms with van der Waals surface area (Å²) in [6.07, 6.45) is 4.53. The Morgan fingerprint density at radius 3 is 2.48 bits per heavy atom. The van der Waals surface area contributed by atoms with Crippen LogP contribution in [0.2, 0.25) is 0 Å². The molecule has 0 spiro atoms. The third-order valence-electron chi connectivity index (χ3n) is 5.16. The van der Waals surface area contributed by atoms with Crippen LogP contribution in [0.1, 0.15) is 16.7 Å². The lowest BCUT2D eigenvalue weighted by atomic mass is 9.85. The van der Waals surface area contributed by atoms with Crippen LogP contribution in [0.5, 0.6) is 0 Å². The van der Waals surface area contributed by atoms with Gasteiger partial charge in [-0.15, -0.1) is 0 Å². The Bertz CT molecular complexity index is 917. The van der Waals surface area contributed by atoms with E-state index in [-0.39, 0.29) is 5.91 Å². The predicted molar refractivity (Wildman–Crippen MR) is 97.4 cm³/mol. The topological polar surface area (TPSA) is 62.0 Å². The molecule has 4 nitrogen and oxygen atoms in total. The summed E-state index contributed by atoms with van der Waals surface area (Å²) in [6, 6.07) is 16.0. The monoisotopic (exact) mass is 332 g/mol. The van der Waals surface area contributed by atoms with Crippen molar-refractivity contribution in [2.24, 2.45) is 5.41 Å². The van der Waals surface area contributed by atoms with E-state index in [4.69, 9.17) is 0 Å². The van der Waals surface area contributed by atoms with Crippen molar-refractivity contribution in [1.82, 2.24) is 10.3 Å². The molecule has 2 N–H and O–H groups in total. The molecule has 0 saturated carbocycles. The van der Waals surface area contributed by atoms with Crippen LogP contribution in [0.25, 0.3) is 10.9 Å². The van der Waals surface area contributed by atoms with E-state index in [9.17, 15) is 9.59 Å². The fourth-order valence-electron chi connectivity index (χ4n) is 3.77. The fourth-order valence-corrected chi connectivity index (χ4v) is 3.77. The minimum Gasteiger partial charge on any atom is -0.361 e. The lowest BCUT2D eigenvalue weighted by molar-refractivity contribution is -0.135. The van der Waals surface area contributed by atoms with E-state index in [0.717, 1.165) is 29.4 Å². The standard InChI is InChI=1S/C21H20N2O2/c24-14-21(11-15-5-1-2-6-16(15)12-21)20(25)22-10-9-17-13-23-19-8-4-3-7-18(17)19/h1-8,13-14,23H,9-12H2,(H,22,25). The number of carbonyl (C=O) groups excluding carboxylic acids is 2. The van der Waals surface area contributed by atoms with Crippen LogP contribution >= 0.6 is 0 Å². The number of benzene rings is 2. The van der Waals surface area contributed by atoms with Gasteiger partial charge in [0.15, 0.2) is 0 Å². The number of nitrogens with one attached hydrogen (secondary N) is 2. The minimum absolute atomic E-state index is 0.168. The highest BCUT2D eigenvalue weighted by molar-refractivity contribution is 5.98. The summed E-state index contributed by atoms with van der Waals surface area (Å²) in [4.78, 5) is 27.7. The second-order valence-electron chi connectivity index (χ2n) is 6.76. The van der Waals surface area contributed by atoms with Crippen molar-refractivity contribution >= 4 is 23.1 Å². The van der Waals surface area contributed by atoms with Crippen molar-refractivity contribution in [2.45, 2.75) is 19.3 Å². The van der Waals surface area contributed by atoms with Crippen molar-refractivity contribution in [2.75, 3.05) is 6.54 Å². The molecule has 0 fully saturated rings. The maximum absolute atomic E-state index is 12.7. The Kier molecular flexibility index (Phi) is 3.88. The van der Waals surface area contributed by atoms with Crippen molar-refractivity contribution in [3.05, 3.63) is 71.4 Å². The second-order valence-corrected chi connectivity index (χ2v) is 6.76. The third kappa shape index (κ3) is 2.74.